The van der Waals surface area contributed by atoms with Gasteiger partial charge in [0.1, 0.15) is 5.69 Å². The van der Waals surface area contributed by atoms with Gasteiger partial charge >= 0.3 is 0 Å². The average molecular weight is 284 g/mol. The number of rotatable bonds is 2. The summed E-state index contributed by atoms with van der Waals surface area (Å²) in [6.45, 7) is 1.83. The molecule has 0 unspecified atom stereocenters. The van der Waals surface area contributed by atoms with Crippen molar-refractivity contribution in [1.82, 2.24) is 20.0 Å². The fraction of sp³-hybridized carbons (Fsp3) is 0.222. The molecule has 1 amide bonds. The molecule has 16 heavy (non-hydrogen) atoms. The second-order valence-electron chi connectivity index (χ2n) is 3.35. The van der Waals surface area contributed by atoms with Gasteiger partial charge < -0.3 is 5.32 Å². The van der Waals surface area contributed by atoms with Crippen LogP contribution >= 0.6 is 15.9 Å². The summed E-state index contributed by atoms with van der Waals surface area (Å²) >= 11 is 3.23. The summed E-state index contributed by atoms with van der Waals surface area (Å²) in [6.07, 6.45) is 3.28. The van der Waals surface area contributed by atoms with Crippen LogP contribution in [0, 0.1) is 6.92 Å². The van der Waals surface area contributed by atoms with Crippen molar-refractivity contribution in [2.24, 2.45) is 7.05 Å². The van der Waals surface area contributed by atoms with Crippen LogP contribution in [0.25, 0.3) is 0 Å². The Morgan fingerprint density at radius 3 is 2.88 bits per heavy atom. The van der Waals surface area contributed by atoms with E-state index in [1.165, 1.54) is 6.20 Å². The minimum Gasteiger partial charge on any atom is -0.318 e. The first-order valence-electron chi connectivity index (χ1n) is 4.58. The first kappa shape index (κ1) is 10.9. The van der Waals surface area contributed by atoms with Crippen molar-refractivity contribution < 1.29 is 4.79 Å². The zero-order valence-corrected chi connectivity index (χ0v) is 10.4. The molecule has 0 saturated heterocycles. The van der Waals surface area contributed by atoms with Crippen molar-refractivity contribution in [3.8, 4) is 0 Å². The molecule has 2 aromatic rings. The molecule has 0 atom stereocenters. The van der Waals surface area contributed by atoms with E-state index in [-0.39, 0.29) is 5.91 Å². The largest absolute Gasteiger partial charge is 0.318 e. The maximum Gasteiger partial charge on any atom is 0.274 e. The van der Waals surface area contributed by atoms with Crippen molar-refractivity contribution in [2.75, 3.05) is 5.32 Å². The smallest absolute Gasteiger partial charge is 0.274 e. The van der Waals surface area contributed by atoms with Crippen LogP contribution in [0.2, 0.25) is 0 Å². The lowest BCUT2D eigenvalue weighted by Crippen LogP contribution is -2.13. The van der Waals surface area contributed by atoms with Gasteiger partial charge in [-0.2, -0.15) is 10.2 Å². The summed E-state index contributed by atoms with van der Waals surface area (Å²) in [5.41, 5.74) is 1.85. The molecule has 2 heterocycles. The summed E-state index contributed by atoms with van der Waals surface area (Å²) in [5.74, 6) is -0.250. The van der Waals surface area contributed by atoms with Crippen molar-refractivity contribution in [1.29, 1.82) is 0 Å². The Labute approximate surface area is 100 Å². The Morgan fingerprint density at radius 2 is 2.38 bits per heavy atom. The third-order valence-corrected chi connectivity index (χ3v) is 2.68. The van der Waals surface area contributed by atoms with Crippen LogP contribution in [-0.2, 0) is 7.05 Å². The molecular formula is C9H10BrN5O. The zero-order valence-electron chi connectivity index (χ0n) is 8.78. The van der Waals surface area contributed by atoms with E-state index in [4.69, 9.17) is 0 Å². The van der Waals surface area contributed by atoms with E-state index in [9.17, 15) is 4.79 Å². The predicted octanol–water partition coefficient (Wildman–Crippen LogP) is 1.47. The molecule has 2 rings (SSSR count). The van der Waals surface area contributed by atoms with Gasteiger partial charge in [-0.1, -0.05) is 0 Å². The molecule has 6 nitrogen and oxygen atoms in total. The van der Waals surface area contributed by atoms with Crippen LogP contribution in [0.15, 0.2) is 16.9 Å². The number of carbonyl (C=O) groups is 1. The number of nitrogens with one attached hydrogen (secondary N) is 2. The van der Waals surface area contributed by atoms with E-state index in [0.29, 0.717) is 15.9 Å². The van der Waals surface area contributed by atoms with Crippen LogP contribution in [0.1, 0.15) is 16.2 Å². The van der Waals surface area contributed by atoms with Crippen LogP contribution in [0.3, 0.4) is 0 Å². The number of H-pyrrole nitrogens is 1. The lowest BCUT2D eigenvalue weighted by molar-refractivity contribution is 0.102. The molecule has 0 aromatic carbocycles. The number of carbonyl (C=O) groups excluding carboxylic acids is 1. The molecular weight excluding hydrogens is 274 g/mol. The van der Waals surface area contributed by atoms with Gasteiger partial charge in [-0.3, -0.25) is 14.6 Å². The first-order valence-corrected chi connectivity index (χ1v) is 5.37. The third-order valence-electron chi connectivity index (χ3n) is 2.08. The molecule has 0 aliphatic rings. The lowest BCUT2D eigenvalue weighted by atomic mass is 10.3. The average Bonchev–Trinajstić information content (AvgIpc) is 2.74. The summed E-state index contributed by atoms with van der Waals surface area (Å²) in [5, 5.41) is 13.3. The van der Waals surface area contributed by atoms with Gasteiger partial charge in [0.2, 0.25) is 0 Å². The first-order chi connectivity index (χ1) is 7.58. The number of nitrogens with zero attached hydrogens (tertiary/aromatic N) is 3. The van der Waals surface area contributed by atoms with Crippen molar-refractivity contribution in [3.63, 3.8) is 0 Å². The Morgan fingerprint density at radius 1 is 1.62 bits per heavy atom. The minimum absolute atomic E-state index is 0.250. The summed E-state index contributed by atoms with van der Waals surface area (Å²) in [4.78, 5) is 11.8. The number of aromatic amines is 1. The van der Waals surface area contributed by atoms with E-state index < -0.39 is 0 Å². The topological polar surface area (TPSA) is 75.6 Å². The molecule has 0 spiro atoms. The number of amides is 1. The van der Waals surface area contributed by atoms with E-state index in [1.54, 1.807) is 17.9 Å². The molecule has 0 fully saturated rings. The highest BCUT2D eigenvalue weighted by atomic mass is 79.9. The van der Waals surface area contributed by atoms with Gasteiger partial charge in [-0.25, -0.2) is 0 Å². The molecule has 84 valence electrons. The Hall–Kier alpha value is -1.63. The second kappa shape index (κ2) is 4.09. The monoisotopic (exact) mass is 283 g/mol. The summed E-state index contributed by atoms with van der Waals surface area (Å²) < 4.78 is 2.28. The quantitative estimate of drug-likeness (QED) is 0.876. The van der Waals surface area contributed by atoms with E-state index in [0.717, 1.165) is 5.69 Å². The predicted molar refractivity (Wildman–Crippen MR) is 62.2 cm³/mol. The van der Waals surface area contributed by atoms with Gasteiger partial charge in [0, 0.05) is 13.2 Å². The standard InChI is InChI=1S/C9H10BrN5O/c1-5-7(4-15(2)14-5)12-9(16)8-6(10)3-11-13-8/h3-4H,1-2H3,(H,11,13)(H,12,16). The molecule has 0 aliphatic carbocycles. The van der Waals surface area contributed by atoms with Crippen LogP contribution in [-0.4, -0.2) is 25.9 Å². The highest BCUT2D eigenvalue weighted by Crippen LogP contribution is 2.16. The van der Waals surface area contributed by atoms with Gasteiger partial charge in [0.05, 0.1) is 22.1 Å². The molecule has 7 heteroatoms. The minimum atomic E-state index is -0.250. The van der Waals surface area contributed by atoms with Crippen molar-refractivity contribution in [2.45, 2.75) is 6.92 Å². The second-order valence-corrected chi connectivity index (χ2v) is 4.20. The van der Waals surface area contributed by atoms with Crippen molar-refractivity contribution in [3.05, 3.63) is 28.3 Å². The Balaban J connectivity index is 2.20. The Kier molecular flexibility index (Phi) is 2.78. The number of hydrogen-bond donors (Lipinski definition) is 2. The highest BCUT2D eigenvalue weighted by Gasteiger charge is 2.14. The lowest BCUT2D eigenvalue weighted by Gasteiger charge is -2.01. The SMILES string of the molecule is Cc1nn(C)cc1NC(=O)c1[nH]ncc1Br. The fourth-order valence-corrected chi connectivity index (χ4v) is 1.71. The molecule has 0 saturated carbocycles. The number of hydrogen-bond acceptors (Lipinski definition) is 3. The molecule has 0 aliphatic heterocycles. The van der Waals surface area contributed by atoms with Crippen LogP contribution in [0.4, 0.5) is 5.69 Å². The maximum absolute atomic E-state index is 11.8. The number of aryl methyl sites for hydroxylation is 2. The highest BCUT2D eigenvalue weighted by molar-refractivity contribution is 9.10. The summed E-state index contributed by atoms with van der Waals surface area (Å²) in [6, 6.07) is 0. The summed E-state index contributed by atoms with van der Waals surface area (Å²) in [7, 11) is 1.80. The molecule has 0 bridgehead atoms. The van der Waals surface area contributed by atoms with Crippen LogP contribution < -0.4 is 5.32 Å². The van der Waals surface area contributed by atoms with Gasteiger partial charge in [0.15, 0.2) is 0 Å². The third kappa shape index (κ3) is 1.99. The number of anilines is 1. The van der Waals surface area contributed by atoms with E-state index >= 15 is 0 Å². The van der Waals surface area contributed by atoms with E-state index in [2.05, 4.69) is 36.5 Å². The zero-order chi connectivity index (χ0) is 11.7. The number of halogens is 1. The van der Waals surface area contributed by atoms with Gasteiger partial charge in [-0.05, 0) is 22.9 Å². The normalized spacial score (nSPS) is 10.4. The maximum atomic E-state index is 11.8. The van der Waals surface area contributed by atoms with Gasteiger partial charge in [0.25, 0.3) is 5.91 Å². The fourth-order valence-electron chi connectivity index (χ4n) is 1.34. The van der Waals surface area contributed by atoms with Crippen LogP contribution in [0.5, 0.6) is 0 Å². The van der Waals surface area contributed by atoms with Gasteiger partial charge in [-0.15, -0.1) is 0 Å². The van der Waals surface area contributed by atoms with E-state index in [1.807, 2.05) is 6.92 Å². The molecule has 0 radical (unpaired) electrons. The Bertz CT molecular complexity index is 530. The number of aromatic nitrogens is 4. The molecule has 2 aromatic heterocycles. The van der Waals surface area contributed by atoms with Crippen molar-refractivity contribution >= 4 is 27.5 Å². The molecule has 2 N–H and O–H groups in total.